The molecule has 2 aromatic rings. The maximum Gasteiger partial charge on any atom is 0.193 e. The highest BCUT2D eigenvalue weighted by molar-refractivity contribution is 9.10. The number of hydrogen-bond acceptors (Lipinski definition) is 1. The lowest BCUT2D eigenvalue weighted by Gasteiger charge is -2.21. The van der Waals surface area contributed by atoms with Crippen LogP contribution in [0.3, 0.4) is 0 Å². The Morgan fingerprint density at radius 1 is 1.05 bits per heavy atom. The highest BCUT2D eigenvalue weighted by Crippen LogP contribution is 2.44. The van der Waals surface area contributed by atoms with Crippen LogP contribution in [0.15, 0.2) is 46.9 Å². The van der Waals surface area contributed by atoms with Crippen molar-refractivity contribution >= 4 is 44.9 Å². The quantitative estimate of drug-likeness (QED) is 0.510. The van der Waals surface area contributed by atoms with E-state index in [0.29, 0.717) is 5.82 Å². The number of rotatable bonds is 1. The van der Waals surface area contributed by atoms with Crippen LogP contribution in [0, 0.1) is 0 Å². The van der Waals surface area contributed by atoms with Crippen molar-refractivity contribution in [2.75, 3.05) is 0 Å². The average Bonchev–Trinajstić information content (AvgIpc) is 2.55. The van der Waals surface area contributed by atoms with Gasteiger partial charge in [-0.2, -0.15) is 0 Å². The first-order valence-corrected chi connectivity index (χ1v) is 8.41. The fourth-order valence-electron chi connectivity index (χ4n) is 2.94. The monoisotopic (exact) mass is 390 g/mol. The molecule has 2 unspecified atom stereocenters. The van der Waals surface area contributed by atoms with Crippen molar-refractivity contribution in [2.24, 2.45) is 0 Å². The molecule has 0 saturated heterocycles. The first-order valence-electron chi connectivity index (χ1n) is 6.70. The fraction of sp³-hybridized carbons (Fsp3) is 0.188. The standard InChI is InChI=1S/C16H13BBr2O/c1-17-14-13-8-9(18)6-7-12(13)16(20)11-5-3-2-4-10(11)15(14)19/h2-8,14-15,17H,1H3. The average molecular weight is 392 g/mol. The van der Waals surface area contributed by atoms with Crippen LogP contribution < -0.4 is 0 Å². The van der Waals surface area contributed by atoms with E-state index in [1.165, 1.54) is 0 Å². The second kappa shape index (κ2) is 5.49. The number of benzene rings is 2. The molecule has 0 saturated carbocycles. The smallest absolute Gasteiger partial charge is 0.193 e. The summed E-state index contributed by atoms with van der Waals surface area (Å²) in [6.45, 7) is 2.17. The molecule has 0 fully saturated rings. The molecule has 1 aliphatic rings. The number of carbonyl (C=O) groups is 1. The van der Waals surface area contributed by atoms with Gasteiger partial charge in [-0.3, -0.25) is 4.79 Å². The highest BCUT2D eigenvalue weighted by atomic mass is 79.9. The number of hydrogen-bond donors (Lipinski definition) is 0. The molecular weight excluding hydrogens is 379 g/mol. The molecule has 0 radical (unpaired) electrons. The Labute approximate surface area is 136 Å². The lowest BCUT2D eigenvalue weighted by molar-refractivity contribution is 0.103. The van der Waals surface area contributed by atoms with Gasteiger partial charge in [-0.15, -0.1) is 0 Å². The summed E-state index contributed by atoms with van der Waals surface area (Å²) in [4.78, 5) is 13.0. The SMILES string of the molecule is CBC1c2cc(Br)ccc2C(=O)c2ccccc2C1Br. The predicted molar refractivity (Wildman–Crippen MR) is 91.4 cm³/mol. The molecule has 0 N–H and O–H groups in total. The fourth-order valence-corrected chi connectivity index (χ4v) is 4.37. The molecule has 0 bridgehead atoms. The van der Waals surface area contributed by atoms with Gasteiger partial charge in [0.05, 0.1) is 0 Å². The number of halogens is 2. The lowest BCUT2D eigenvalue weighted by atomic mass is 9.61. The van der Waals surface area contributed by atoms with E-state index in [-0.39, 0.29) is 10.6 Å². The van der Waals surface area contributed by atoms with E-state index in [4.69, 9.17) is 0 Å². The van der Waals surface area contributed by atoms with Gasteiger partial charge in [0.25, 0.3) is 0 Å². The van der Waals surface area contributed by atoms with E-state index in [9.17, 15) is 4.79 Å². The van der Waals surface area contributed by atoms with Gasteiger partial charge >= 0.3 is 0 Å². The van der Waals surface area contributed by atoms with Gasteiger partial charge in [0.15, 0.2) is 5.78 Å². The Balaban J connectivity index is 2.31. The molecule has 3 rings (SSSR count). The van der Waals surface area contributed by atoms with Crippen LogP contribution in [0.1, 0.15) is 37.7 Å². The third kappa shape index (κ3) is 2.19. The van der Waals surface area contributed by atoms with Gasteiger partial charge in [-0.05, 0) is 35.1 Å². The molecule has 20 heavy (non-hydrogen) atoms. The maximum atomic E-state index is 12.8. The number of ketones is 1. The molecule has 2 aromatic carbocycles. The Hall–Kier alpha value is -0.865. The van der Waals surface area contributed by atoms with E-state index in [1.807, 2.05) is 30.3 Å². The second-order valence-electron chi connectivity index (χ2n) is 5.06. The normalized spacial score (nSPS) is 20.9. The van der Waals surface area contributed by atoms with Crippen molar-refractivity contribution in [1.29, 1.82) is 0 Å². The van der Waals surface area contributed by atoms with Crippen LogP contribution in [-0.4, -0.2) is 13.1 Å². The van der Waals surface area contributed by atoms with Gasteiger partial charge in [0, 0.05) is 20.4 Å². The summed E-state index contributed by atoms with van der Waals surface area (Å²) >= 11 is 7.34. The zero-order chi connectivity index (χ0) is 14.3. The third-order valence-electron chi connectivity index (χ3n) is 3.95. The van der Waals surface area contributed by atoms with E-state index in [2.05, 4.69) is 50.8 Å². The molecular formula is C16H13BBr2O. The molecule has 4 heteroatoms. The van der Waals surface area contributed by atoms with Crippen LogP contribution in [0.5, 0.6) is 0 Å². The maximum absolute atomic E-state index is 12.8. The molecule has 100 valence electrons. The van der Waals surface area contributed by atoms with E-state index in [0.717, 1.165) is 34.0 Å². The first kappa shape index (κ1) is 14.1. The van der Waals surface area contributed by atoms with E-state index in [1.54, 1.807) is 0 Å². The Kier molecular flexibility index (Phi) is 3.87. The molecule has 0 aliphatic heterocycles. The van der Waals surface area contributed by atoms with Crippen molar-refractivity contribution in [1.82, 2.24) is 0 Å². The van der Waals surface area contributed by atoms with Crippen molar-refractivity contribution in [3.63, 3.8) is 0 Å². The van der Waals surface area contributed by atoms with Crippen molar-refractivity contribution in [3.05, 3.63) is 69.2 Å². The van der Waals surface area contributed by atoms with Crippen LogP contribution >= 0.6 is 31.9 Å². The summed E-state index contributed by atoms with van der Waals surface area (Å²) in [6, 6.07) is 13.9. The van der Waals surface area contributed by atoms with Gasteiger partial charge in [0.1, 0.15) is 7.28 Å². The minimum atomic E-state index is 0.128. The van der Waals surface area contributed by atoms with Crippen LogP contribution in [-0.2, 0) is 0 Å². The molecule has 1 aliphatic carbocycles. The summed E-state index contributed by atoms with van der Waals surface area (Å²) in [6.07, 6.45) is 0. The molecule has 0 amide bonds. The zero-order valence-corrected chi connectivity index (χ0v) is 14.2. The van der Waals surface area contributed by atoms with Crippen LogP contribution in [0.2, 0.25) is 6.82 Å². The molecule has 0 aromatic heterocycles. The molecule has 2 atom stereocenters. The summed E-state index contributed by atoms with van der Waals surface area (Å²) in [7, 11) is 0.987. The summed E-state index contributed by atoms with van der Waals surface area (Å²) < 4.78 is 1.02. The minimum Gasteiger partial charge on any atom is -0.289 e. The van der Waals surface area contributed by atoms with Crippen LogP contribution in [0.4, 0.5) is 0 Å². The van der Waals surface area contributed by atoms with E-state index >= 15 is 0 Å². The van der Waals surface area contributed by atoms with Gasteiger partial charge < -0.3 is 0 Å². The van der Waals surface area contributed by atoms with Crippen molar-refractivity contribution < 1.29 is 4.79 Å². The molecule has 1 nitrogen and oxygen atoms in total. The van der Waals surface area contributed by atoms with Crippen molar-refractivity contribution in [2.45, 2.75) is 17.5 Å². The highest BCUT2D eigenvalue weighted by Gasteiger charge is 2.32. The number of fused-ring (bicyclic) bond motifs is 2. The van der Waals surface area contributed by atoms with Crippen molar-refractivity contribution in [3.8, 4) is 0 Å². The zero-order valence-electron chi connectivity index (χ0n) is 11.1. The first-order chi connectivity index (χ1) is 9.63. The molecule has 0 spiro atoms. The third-order valence-corrected chi connectivity index (χ3v) is 5.58. The Bertz CT molecular complexity index is 684. The summed E-state index contributed by atoms with van der Waals surface area (Å²) in [5, 5.41) is 0. The number of carbonyl (C=O) groups excluding carboxylic acids is 1. The van der Waals surface area contributed by atoms with E-state index < -0.39 is 0 Å². The Morgan fingerprint density at radius 2 is 1.75 bits per heavy atom. The van der Waals surface area contributed by atoms with Gasteiger partial charge in [-0.25, -0.2) is 0 Å². The summed E-state index contributed by atoms with van der Waals surface area (Å²) in [5.74, 6) is 0.429. The second-order valence-corrected chi connectivity index (χ2v) is 6.97. The van der Waals surface area contributed by atoms with Crippen LogP contribution in [0.25, 0.3) is 0 Å². The Morgan fingerprint density at radius 3 is 2.50 bits per heavy atom. The predicted octanol–water partition coefficient (Wildman–Crippen LogP) is 4.66. The minimum absolute atomic E-state index is 0.128. The lowest BCUT2D eigenvalue weighted by Crippen LogP contribution is -2.12. The topological polar surface area (TPSA) is 17.1 Å². The molecule has 0 heterocycles. The van der Waals surface area contributed by atoms with Gasteiger partial charge in [-0.1, -0.05) is 62.9 Å². The largest absolute Gasteiger partial charge is 0.289 e. The van der Waals surface area contributed by atoms with Gasteiger partial charge in [0.2, 0.25) is 0 Å². The number of alkyl halides is 1. The summed E-state index contributed by atoms with van der Waals surface area (Å²) in [5.41, 5.74) is 3.87.